The number of carbonyl (C=O) groups excluding carboxylic acids is 4. The van der Waals surface area contributed by atoms with Crippen molar-refractivity contribution in [2.75, 3.05) is 26.4 Å². The molecule has 0 aromatic heterocycles. The van der Waals surface area contributed by atoms with Crippen molar-refractivity contribution >= 4 is 23.9 Å². The van der Waals surface area contributed by atoms with Crippen LogP contribution in [0, 0.1) is 0 Å². The molecule has 0 fully saturated rings. The van der Waals surface area contributed by atoms with Gasteiger partial charge in [0.05, 0.1) is 0 Å². The first-order valence-corrected chi connectivity index (χ1v) is 35.3. The van der Waals surface area contributed by atoms with Crippen molar-refractivity contribution in [3.8, 4) is 0 Å². The molecule has 10 heteroatoms. The third-order valence-electron chi connectivity index (χ3n) is 16.2. The van der Waals surface area contributed by atoms with Crippen LogP contribution in [0.3, 0.4) is 0 Å². The van der Waals surface area contributed by atoms with Crippen molar-refractivity contribution in [3.63, 3.8) is 0 Å². The molecule has 0 aliphatic rings. The van der Waals surface area contributed by atoms with Gasteiger partial charge in [-0.25, -0.2) is 0 Å². The van der Waals surface area contributed by atoms with Gasteiger partial charge in [-0.3, -0.25) is 19.2 Å². The second-order valence-electron chi connectivity index (χ2n) is 24.4. The summed E-state index contributed by atoms with van der Waals surface area (Å²) in [7, 11) is 0. The summed E-state index contributed by atoms with van der Waals surface area (Å²) in [6, 6.07) is 0. The summed E-state index contributed by atoms with van der Waals surface area (Å²) in [6.45, 7) is 4.02. The first-order chi connectivity index (χ1) is 39.3. The molecule has 0 spiro atoms. The lowest BCUT2D eigenvalue weighted by molar-refractivity contribution is -0.154. The molecule has 0 rings (SSSR count). The van der Waals surface area contributed by atoms with Gasteiger partial charge in [-0.15, -0.1) is 0 Å². The maximum absolute atomic E-state index is 12.1. The molecule has 0 aromatic carbocycles. The molecule has 0 bridgehead atoms. The Morgan fingerprint density at radius 2 is 0.325 bits per heavy atom. The Labute approximate surface area is 495 Å². The third kappa shape index (κ3) is 65.0. The molecule has 0 saturated carbocycles. The molecule has 10 nitrogen and oxygen atoms in total. The van der Waals surface area contributed by atoms with Crippen LogP contribution in [0.2, 0.25) is 0 Å². The fourth-order valence-electron chi connectivity index (χ4n) is 10.9. The molecule has 0 heterocycles. The Balaban J connectivity index is 3.41. The highest BCUT2D eigenvalue weighted by atomic mass is 16.6. The van der Waals surface area contributed by atoms with E-state index in [4.69, 9.17) is 18.9 Å². The number of ether oxygens (including phenoxy) is 4. The minimum Gasteiger partial charge on any atom is -0.463 e. The Kier molecular flexibility index (Phi) is 64.1. The number of hydrogen-bond donors (Lipinski definition) is 2. The summed E-state index contributed by atoms with van der Waals surface area (Å²) in [5.74, 6) is -1.19. The number of carbonyl (C=O) groups is 4. The number of rotatable bonds is 67. The molecule has 2 N–H and O–H groups in total. The van der Waals surface area contributed by atoms with Gasteiger partial charge >= 0.3 is 23.9 Å². The van der Waals surface area contributed by atoms with E-state index in [-0.39, 0.29) is 50.3 Å². The van der Waals surface area contributed by atoms with Crippen LogP contribution in [-0.2, 0) is 38.1 Å². The monoisotopic (exact) mass is 1130 g/mol. The average molecular weight is 1140 g/mol. The molecule has 80 heavy (non-hydrogen) atoms. The van der Waals surface area contributed by atoms with Crippen molar-refractivity contribution in [3.05, 3.63) is 0 Å². The number of esters is 4. The van der Waals surface area contributed by atoms with E-state index < -0.39 is 12.2 Å². The van der Waals surface area contributed by atoms with Crippen LogP contribution < -0.4 is 0 Å². The maximum atomic E-state index is 12.1. The summed E-state index contributed by atoms with van der Waals surface area (Å²) in [4.78, 5) is 48.5. The zero-order chi connectivity index (χ0) is 58.1. The Hall–Kier alpha value is -2.20. The Morgan fingerprint density at radius 1 is 0.212 bits per heavy atom. The highest BCUT2D eigenvalue weighted by molar-refractivity contribution is 5.70. The lowest BCUT2D eigenvalue weighted by atomic mass is 10.0. The number of hydrogen-bond acceptors (Lipinski definition) is 10. The predicted molar refractivity (Wildman–Crippen MR) is 335 cm³/mol. The van der Waals surface area contributed by atoms with Crippen molar-refractivity contribution < 1.29 is 48.3 Å². The zero-order valence-corrected chi connectivity index (χ0v) is 53.2. The van der Waals surface area contributed by atoms with E-state index in [2.05, 4.69) is 13.8 Å². The van der Waals surface area contributed by atoms with Crippen LogP contribution in [-0.4, -0.2) is 72.7 Å². The van der Waals surface area contributed by atoms with Gasteiger partial charge in [0.2, 0.25) is 0 Å². The third-order valence-corrected chi connectivity index (χ3v) is 16.2. The molecule has 0 aliphatic carbocycles. The number of aliphatic hydroxyl groups excluding tert-OH is 2. The van der Waals surface area contributed by atoms with Crippen molar-refractivity contribution in [2.45, 2.75) is 398 Å². The molecule has 0 amide bonds. The maximum Gasteiger partial charge on any atom is 0.305 e. The van der Waals surface area contributed by atoms with Gasteiger partial charge < -0.3 is 29.2 Å². The molecule has 474 valence electrons. The molecule has 0 radical (unpaired) electrons. The van der Waals surface area contributed by atoms with E-state index in [9.17, 15) is 29.4 Å². The Morgan fingerprint density at radius 3 is 0.450 bits per heavy atom. The van der Waals surface area contributed by atoms with Crippen LogP contribution in [0.5, 0.6) is 0 Å². The average Bonchev–Trinajstić information content (AvgIpc) is 3.45. The van der Waals surface area contributed by atoms with Gasteiger partial charge in [0.25, 0.3) is 0 Å². The predicted octanol–water partition coefficient (Wildman–Crippen LogP) is 20.5. The van der Waals surface area contributed by atoms with Crippen LogP contribution in [0.4, 0.5) is 0 Å². The number of aliphatic hydroxyl groups is 2. The van der Waals surface area contributed by atoms with Crippen molar-refractivity contribution in [1.82, 2.24) is 0 Å². The SMILES string of the molecule is CCCCCCCCCCCCCCCCCCCCCC(=O)OCC(O)COC(=O)CCCCCCCCCCCCCCCCCCC(=O)OCC(O)COC(=O)CCCCCCCCCCCCCCCCCCCCC. The van der Waals surface area contributed by atoms with E-state index in [0.717, 1.165) is 77.0 Å². The van der Waals surface area contributed by atoms with E-state index >= 15 is 0 Å². The van der Waals surface area contributed by atoms with E-state index in [1.165, 1.54) is 270 Å². The minimum absolute atomic E-state index is 0.132. The number of unbranched alkanes of at least 4 members (excludes halogenated alkanes) is 51. The zero-order valence-electron chi connectivity index (χ0n) is 53.2. The molecule has 0 aliphatic heterocycles. The molecule has 0 saturated heterocycles. The first-order valence-electron chi connectivity index (χ1n) is 35.3. The summed E-state index contributed by atoms with van der Waals surface area (Å²) in [6.07, 6.45) is 67.9. The minimum atomic E-state index is -0.987. The van der Waals surface area contributed by atoms with E-state index in [0.29, 0.717) is 25.7 Å². The van der Waals surface area contributed by atoms with Crippen LogP contribution in [0.15, 0.2) is 0 Å². The molecule has 0 aromatic rings. The summed E-state index contributed by atoms with van der Waals surface area (Å²) < 4.78 is 20.9. The normalized spacial score (nSPS) is 12.2. The molecular formula is C70H134O10. The van der Waals surface area contributed by atoms with Crippen LogP contribution in [0.1, 0.15) is 386 Å². The second-order valence-corrected chi connectivity index (χ2v) is 24.4. The quantitative estimate of drug-likeness (QED) is 0.0343. The van der Waals surface area contributed by atoms with E-state index in [1.807, 2.05) is 0 Å². The van der Waals surface area contributed by atoms with Gasteiger partial charge in [-0.2, -0.15) is 0 Å². The fraction of sp³-hybridized carbons (Fsp3) is 0.943. The molecule has 2 unspecified atom stereocenters. The lowest BCUT2D eigenvalue weighted by Gasteiger charge is -2.12. The van der Waals surface area contributed by atoms with Crippen LogP contribution >= 0.6 is 0 Å². The molecule has 2 atom stereocenters. The topological polar surface area (TPSA) is 146 Å². The fourth-order valence-corrected chi connectivity index (χ4v) is 10.9. The van der Waals surface area contributed by atoms with Gasteiger partial charge in [0, 0.05) is 25.7 Å². The van der Waals surface area contributed by atoms with Gasteiger partial charge in [0.15, 0.2) is 0 Å². The van der Waals surface area contributed by atoms with Gasteiger partial charge in [0.1, 0.15) is 38.6 Å². The second kappa shape index (κ2) is 65.9. The highest BCUT2D eigenvalue weighted by Crippen LogP contribution is 2.19. The highest BCUT2D eigenvalue weighted by Gasteiger charge is 2.14. The van der Waals surface area contributed by atoms with Gasteiger partial charge in [-0.05, 0) is 25.7 Å². The van der Waals surface area contributed by atoms with E-state index in [1.54, 1.807) is 0 Å². The first kappa shape index (κ1) is 77.8. The summed E-state index contributed by atoms with van der Waals surface area (Å²) in [5.41, 5.74) is 0. The lowest BCUT2D eigenvalue weighted by Crippen LogP contribution is -2.25. The van der Waals surface area contributed by atoms with Crippen molar-refractivity contribution in [2.24, 2.45) is 0 Å². The molecular weight excluding hydrogens is 1000 g/mol. The van der Waals surface area contributed by atoms with Crippen molar-refractivity contribution in [1.29, 1.82) is 0 Å². The largest absolute Gasteiger partial charge is 0.463 e. The summed E-state index contributed by atoms with van der Waals surface area (Å²) >= 11 is 0. The standard InChI is InChI=1S/C70H134O10/c1-3-5-7-9-11-13-15-17-19-21-23-25-29-33-37-41-45-49-53-57-67(73)77-61-65(71)63-79-69(75)59-55-51-47-43-39-35-31-27-28-32-36-40-44-48-52-56-60-70(76)80-64-66(72)62-78-68(74)58-54-50-46-42-38-34-30-26-24-22-20-18-16-14-12-10-8-6-4-2/h65-66,71-72H,3-64H2,1-2H3. The smallest absolute Gasteiger partial charge is 0.305 e. The van der Waals surface area contributed by atoms with Crippen LogP contribution in [0.25, 0.3) is 0 Å². The Bertz CT molecular complexity index is 1200. The summed E-state index contributed by atoms with van der Waals surface area (Å²) in [5, 5.41) is 20.3. The van der Waals surface area contributed by atoms with Gasteiger partial charge in [-0.1, -0.05) is 335 Å².